The molecule has 16 heavy (non-hydrogen) atoms. The first-order chi connectivity index (χ1) is 7.48. The number of nitrogens with two attached hydrogens (primary N) is 1. The summed E-state index contributed by atoms with van der Waals surface area (Å²) >= 11 is 0. The second-order valence-electron chi connectivity index (χ2n) is 4.41. The first-order valence-corrected chi connectivity index (χ1v) is 7.12. The molecular weight excluding hydrogens is 226 g/mol. The van der Waals surface area contributed by atoms with E-state index in [1.54, 1.807) is 17.7 Å². The number of sulfonamides is 1. The number of aryl methyl sites for hydroxylation is 1. The molecule has 0 amide bonds. The lowest BCUT2D eigenvalue weighted by molar-refractivity contribution is 0.310. The Hall–Kier alpha value is -0.880. The third-order valence-electron chi connectivity index (χ3n) is 3.04. The van der Waals surface area contributed by atoms with Gasteiger partial charge in [0.05, 0.1) is 11.7 Å². The summed E-state index contributed by atoms with van der Waals surface area (Å²) in [6.45, 7) is 1.79. The van der Waals surface area contributed by atoms with Gasteiger partial charge in [0.2, 0.25) is 0 Å². The van der Waals surface area contributed by atoms with Crippen LogP contribution < -0.4 is 5.14 Å². The van der Waals surface area contributed by atoms with Crippen LogP contribution in [0.1, 0.15) is 43.8 Å². The van der Waals surface area contributed by atoms with Crippen molar-refractivity contribution < 1.29 is 8.42 Å². The molecule has 0 radical (unpaired) electrons. The van der Waals surface area contributed by atoms with E-state index >= 15 is 0 Å². The van der Waals surface area contributed by atoms with Crippen molar-refractivity contribution in [2.45, 2.75) is 50.1 Å². The summed E-state index contributed by atoms with van der Waals surface area (Å²) in [5, 5.41) is 9.60. The summed E-state index contributed by atoms with van der Waals surface area (Å²) in [4.78, 5) is 0. The van der Waals surface area contributed by atoms with Crippen molar-refractivity contribution in [3.8, 4) is 0 Å². The molecule has 1 aliphatic carbocycles. The van der Waals surface area contributed by atoms with E-state index in [1.807, 2.05) is 0 Å². The Balaban J connectivity index is 2.39. The van der Waals surface area contributed by atoms with E-state index in [1.165, 1.54) is 6.42 Å². The number of hydrogen-bond donors (Lipinski definition) is 1. The van der Waals surface area contributed by atoms with Crippen LogP contribution in [0.4, 0.5) is 0 Å². The van der Waals surface area contributed by atoms with E-state index in [9.17, 15) is 8.42 Å². The fraction of sp³-hybridized carbons (Fsp3) is 0.700. The number of hydrogen-bond acceptors (Lipinski definition) is 3. The van der Waals surface area contributed by atoms with Gasteiger partial charge in [-0.25, -0.2) is 18.2 Å². The second kappa shape index (κ2) is 4.18. The Labute approximate surface area is 95.7 Å². The van der Waals surface area contributed by atoms with Crippen LogP contribution in [0.5, 0.6) is 0 Å². The predicted molar refractivity (Wildman–Crippen MR) is 60.5 cm³/mol. The Bertz CT molecular complexity index is 472. The number of rotatable bonds is 2. The maximum atomic E-state index is 11.4. The lowest BCUT2D eigenvalue weighted by Crippen LogP contribution is -2.22. The molecular formula is C10H17N3O2S. The molecule has 1 saturated carbocycles. The zero-order chi connectivity index (χ0) is 11.8. The second-order valence-corrected chi connectivity index (χ2v) is 5.91. The first kappa shape index (κ1) is 11.6. The number of primary sulfonamides is 1. The maximum Gasteiger partial charge on any atom is 0.255 e. The molecule has 1 aromatic heterocycles. The smallest absolute Gasteiger partial charge is 0.250 e. The van der Waals surface area contributed by atoms with E-state index in [0.717, 1.165) is 25.7 Å². The average Bonchev–Trinajstić information content (AvgIpc) is 2.61. The summed E-state index contributed by atoms with van der Waals surface area (Å²) in [6.07, 6.45) is 5.47. The molecule has 0 atom stereocenters. The quantitative estimate of drug-likeness (QED) is 0.851. The van der Waals surface area contributed by atoms with Crippen molar-refractivity contribution in [3.63, 3.8) is 0 Å². The highest BCUT2D eigenvalue weighted by molar-refractivity contribution is 7.89. The van der Waals surface area contributed by atoms with Crippen LogP contribution in [-0.2, 0) is 10.0 Å². The lowest BCUT2D eigenvalue weighted by atomic mass is 9.96. The molecule has 1 aliphatic rings. The van der Waals surface area contributed by atoms with Crippen LogP contribution in [-0.4, -0.2) is 18.2 Å². The minimum absolute atomic E-state index is 0.150. The summed E-state index contributed by atoms with van der Waals surface area (Å²) in [5.74, 6) is 0. The largest absolute Gasteiger partial charge is 0.255 e. The molecule has 5 nitrogen and oxygen atoms in total. The van der Waals surface area contributed by atoms with Crippen LogP contribution in [0, 0.1) is 6.92 Å². The van der Waals surface area contributed by atoms with Crippen molar-refractivity contribution in [2.75, 3.05) is 0 Å². The molecule has 0 spiro atoms. The monoisotopic (exact) mass is 243 g/mol. The van der Waals surface area contributed by atoms with Crippen LogP contribution in [0.3, 0.4) is 0 Å². The molecule has 1 aromatic rings. The summed E-state index contributed by atoms with van der Waals surface area (Å²) in [5.41, 5.74) is 0.703. The van der Waals surface area contributed by atoms with E-state index in [0.29, 0.717) is 5.69 Å². The summed E-state index contributed by atoms with van der Waals surface area (Å²) < 4.78 is 24.5. The van der Waals surface area contributed by atoms with Gasteiger partial charge < -0.3 is 0 Å². The number of nitrogens with zero attached hydrogens (tertiary/aromatic N) is 2. The van der Waals surface area contributed by atoms with Crippen molar-refractivity contribution in [1.29, 1.82) is 0 Å². The maximum absolute atomic E-state index is 11.4. The van der Waals surface area contributed by atoms with Crippen molar-refractivity contribution in [2.24, 2.45) is 5.14 Å². The lowest BCUT2D eigenvalue weighted by Gasteiger charge is -2.23. The van der Waals surface area contributed by atoms with Crippen LogP contribution in [0.2, 0.25) is 0 Å². The third kappa shape index (κ3) is 2.27. The highest BCUT2D eigenvalue weighted by Crippen LogP contribution is 2.29. The van der Waals surface area contributed by atoms with Crippen LogP contribution in [0.15, 0.2) is 11.1 Å². The van der Waals surface area contributed by atoms with E-state index in [4.69, 9.17) is 5.14 Å². The van der Waals surface area contributed by atoms with Gasteiger partial charge >= 0.3 is 0 Å². The molecule has 0 saturated heterocycles. The normalized spacial score (nSPS) is 18.9. The number of aromatic nitrogens is 2. The first-order valence-electron chi connectivity index (χ1n) is 5.57. The molecule has 1 fully saturated rings. The van der Waals surface area contributed by atoms with E-state index < -0.39 is 10.0 Å². The minimum atomic E-state index is -3.66. The van der Waals surface area contributed by atoms with Gasteiger partial charge in [-0.15, -0.1) is 0 Å². The van der Waals surface area contributed by atoms with Crippen molar-refractivity contribution in [1.82, 2.24) is 9.78 Å². The van der Waals surface area contributed by atoms with E-state index in [2.05, 4.69) is 5.10 Å². The van der Waals surface area contributed by atoms with Gasteiger partial charge in [-0.2, -0.15) is 5.10 Å². The Morgan fingerprint density at radius 1 is 1.38 bits per heavy atom. The average molecular weight is 243 g/mol. The predicted octanol–water partition coefficient (Wildman–Crippen LogP) is 1.34. The van der Waals surface area contributed by atoms with Gasteiger partial charge in [0, 0.05) is 0 Å². The topological polar surface area (TPSA) is 78.0 Å². The fourth-order valence-corrected chi connectivity index (χ4v) is 3.08. The molecule has 0 aromatic carbocycles. The van der Waals surface area contributed by atoms with E-state index in [-0.39, 0.29) is 11.1 Å². The molecule has 2 rings (SSSR count). The molecule has 6 heteroatoms. The van der Waals surface area contributed by atoms with Crippen molar-refractivity contribution >= 4 is 10.0 Å². The Morgan fingerprint density at radius 3 is 2.56 bits per heavy atom. The van der Waals surface area contributed by atoms with Gasteiger partial charge in [-0.05, 0) is 25.8 Å². The molecule has 2 N–H and O–H groups in total. The van der Waals surface area contributed by atoms with Gasteiger partial charge in [0.15, 0.2) is 5.03 Å². The SMILES string of the molecule is Cc1cc(S(N)(=O)=O)n(C2CCCCC2)n1. The molecule has 0 aliphatic heterocycles. The minimum Gasteiger partial charge on any atom is -0.250 e. The highest BCUT2D eigenvalue weighted by atomic mass is 32.2. The van der Waals surface area contributed by atoms with Crippen molar-refractivity contribution in [3.05, 3.63) is 11.8 Å². The van der Waals surface area contributed by atoms with Gasteiger partial charge in [-0.1, -0.05) is 19.3 Å². The molecule has 0 unspecified atom stereocenters. The third-order valence-corrected chi connectivity index (χ3v) is 3.92. The fourth-order valence-electron chi connectivity index (χ4n) is 2.29. The van der Waals surface area contributed by atoms with Gasteiger partial charge in [-0.3, -0.25) is 0 Å². The zero-order valence-corrected chi connectivity index (χ0v) is 10.2. The molecule has 1 heterocycles. The van der Waals surface area contributed by atoms with Crippen LogP contribution >= 0.6 is 0 Å². The van der Waals surface area contributed by atoms with Crippen LogP contribution in [0.25, 0.3) is 0 Å². The molecule has 90 valence electrons. The Kier molecular flexibility index (Phi) is 3.03. The molecule has 0 bridgehead atoms. The summed E-state index contributed by atoms with van der Waals surface area (Å²) in [7, 11) is -3.66. The highest BCUT2D eigenvalue weighted by Gasteiger charge is 2.23. The van der Waals surface area contributed by atoms with Gasteiger partial charge in [0.25, 0.3) is 10.0 Å². The Morgan fingerprint density at radius 2 is 2.00 bits per heavy atom. The standard InChI is InChI=1S/C10H17N3O2S/c1-8-7-10(16(11,14)15)13(12-8)9-5-3-2-4-6-9/h7,9H,2-6H2,1H3,(H2,11,14,15). The summed E-state index contributed by atoms with van der Waals surface area (Å²) in [6, 6.07) is 1.74. The zero-order valence-electron chi connectivity index (χ0n) is 9.39. The van der Waals surface area contributed by atoms with Gasteiger partial charge in [0.1, 0.15) is 0 Å².